The first-order chi connectivity index (χ1) is 53.9. The third-order valence-corrected chi connectivity index (χ3v) is 16.6. The van der Waals surface area contributed by atoms with Crippen molar-refractivity contribution >= 4 is 126 Å². The number of imide groups is 5. The first-order valence-corrected chi connectivity index (χ1v) is 32.9. The van der Waals surface area contributed by atoms with E-state index in [0.29, 0.717) is 41.5 Å². The van der Waals surface area contributed by atoms with Gasteiger partial charge in [-0.3, -0.25) is 93.7 Å². The fourth-order valence-corrected chi connectivity index (χ4v) is 11.0. The number of carbonyl (C=O) groups excluding carboxylic acids is 11. The van der Waals surface area contributed by atoms with Crippen LogP contribution in [-0.4, -0.2) is 140 Å². The number of carboxylic acids is 1. The summed E-state index contributed by atoms with van der Waals surface area (Å²) in [5.74, 6) is -8.03. The molecular formula is C69H71F3N21NaO19. The predicted molar refractivity (Wildman–Crippen MR) is 391 cm³/mol. The van der Waals surface area contributed by atoms with E-state index >= 15 is 0 Å². The van der Waals surface area contributed by atoms with Crippen molar-refractivity contribution in [3.05, 3.63) is 191 Å². The van der Waals surface area contributed by atoms with E-state index < -0.39 is 111 Å². The summed E-state index contributed by atoms with van der Waals surface area (Å²) < 4.78 is 57.9. The molecule has 5 aliphatic heterocycles. The number of fused-ring (bicyclic) bond motifs is 3. The summed E-state index contributed by atoms with van der Waals surface area (Å²) >= 11 is 0. The number of methoxy groups -OCH3 is 1. The van der Waals surface area contributed by atoms with Gasteiger partial charge in [-0.15, -0.1) is 20.6 Å². The summed E-state index contributed by atoms with van der Waals surface area (Å²) in [5.41, 5.74) is 22.1. The molecule has 0 radical (unpaired) electrons. The quantitative estimate of drug-likeness (QED) is 0.0246. The zero-order valence-corrected chi connectivity index (χ0v) is 60.8. The van der Waals surface area contributed by atoms with Gasteiger partial charge in [0.25, 0.3) is 40.3 Å². The number of ether oxygens (including phenoxy) is 1. The number of carbonyl (C=O) groups is 12. The molecule has 3 aromatic heterocycles. The van der Waals surface area contributed by atoms with Crippen LogP contribution >= 0.6 is 0 Å². The monoisotopic (exact) mass is 1580 g/mol. The molecule has 16 N–H and O–H groups in total. The number of hydrogen-bond donors (Lipinski definition) is 12. The maximum Gasteiger partial charge on any atom is 1.00 e. The van der Waals surface area contributed by atoms with Gasteiger partial charge in [-0.05, 0) is 110 Å². The average Bonchev–Trinajstić information content (AvgIpc) is 0.778. The van der Waals surface area contributed by atoms with Crippen molar-refractivity contribution in [1.29, 1.82) is 0 Å². The number of amides is 11. The molecule has 588 valence electrons. The number of carboxylic acid groups (broad SMARTS) is 1. The molecule has 14 rings (SSSR count). The number of piperidine rings is 5. The first kappa shape index (κ1) is 86.6. The van der Waals surface area contributed by atoms with Crippen molar-refractivity contribution in [1.82, 2.24) is 76.9 Å². The number of nitrogens with two attached hydrogens (primary N) is 4. The number of nitrogens with one attached hydrogen (secondary N) is 7. The minimum absolute atomic E-state index is 0. The zero-order valence-electron chi connectivity index (χ0n) is 60.8. The van der Waals surface area contributed by atoms with Gasteiger partial charge in [0.05, 0.1) is 29.5 Å². The molecule has 9 aromatic rings. The number of nitrogens with zero attached hydrogens (tertiary/aromatic N) is 10. The molecule has 6 aromatic carbocycles. The maximum absolute atomic E-state index is 13.7. The van der Waals surface area contributed by atoms with Crippen molar-refractivity contribution < 1.29 is 113 Å². The smallest absolute Gasteiger partial charge is 0.497 e. The number of nitrogen functional groups attached to an aromatic ring is 3. The number of anilines is 4. The van der Waals surface area contributed by atoms with E-state index in [2.05, 4.69) is 68.2 Å². The summed E-state index contributed by atoms with van der Waals surface area (Å²) in [4.78, 5) is 181. The molecular weight excluding hydrogens is 1510 g/mol. The Morgan fingerprint density at radius 2 is 0.903 bits per heavy atom. The van der Waals surface area contributed by atoms with Gasteiger partial charge in [-0.2, -0.15) is 14.0 Å². The number of benzene rings is 6. The normalized spacial score (nSPS) is 17.5. The molecule has 5 fully saturated rings. The van der Waals surface area contributed by atoms with Crippen LogP contribution in [0.3, 0.4) is 0 Å². The Morgan fingerprint density at radius 1 is 0.531 bits per heavy atom. The molecule has 5 unspecified atom stereocenters. The van der Waals surface area contributed by atoms with Gasteiger partial charge in [0.2, 0.25) is 41.4 Å². The Balaban J connectivity index is 0.000000250. The number of halogens is 3. The Bertz CT molecular complexity index is 5210. The molecule has 113 heavy (non-hydrogen) atoms. The SMILES string of the molecule is C.COc1ccc(CNc2cccc3nnn(C4CCC(=O)NC4=O)c(=O)c23)cc1.NC1CCC(=O)NC1=O.Nc1cccc(F)c1C(=O)NC1CCC(=O)NC1=O.Nc1cccc(F)c1C(=O)O.Nc1cccc2nnn(C3CCC(=O)NC3=O)c(=O)c12.O=C1CCC(n2nnc3cccc(F)c3c2=O)C(=O)N1.O=N[O-].[2H][2H].[Na+]. The van der Waals surface area contributed by atoms with E-state index in [0.717, 1.165) is 48.9 Å². The van der Waals surface area contributed by atoms with Crippen LogP contribution in [0.5, 0.6) is 5.75 Å². The van der Waals surface area contributed by atoms with Gasteiger partial charge >= 0.3 is 35.5 Å². The van der Waals surface area contributed by atoms with Crippen LogP contribution < -0.4 is 111 Å². The van der Waals surface area contributed by atoms with Gasteiger partial charge in [0.15, 0.2) is 0 Å². The van der Waals surface area contributed by atoms with Crippen molar-refractivity contribution in [2.24, 2.45) is 11.1 Å². The second-order valence-electron chi connectivity index (χ2n) is 24.0. The van der Waals surface area contributed by atoms with Crippen LogP contribution in [-0.2, 0) is 54.5 Å². The van der Waals surface area contributed by atoms with Crippen molar-refractivity contribution in [2.45, 2.75) is 108 Å². The zero-order chi connectivity index (χ0) is 82.9. The van der Waals surface area contributed by atoms with Crippen molar-refractivity contribution in [2.75, 3.05) is 29.6 Å². The number of aromatic nitrogens is 9. The second kappa shape index (κ2) is 40.7. The summed E-state index contributed by atoms with van der Waals surface area (Å²) in [6.07, 6.45) is 2.14. The van der Waals surface area contributed by atoms with E-state index in [1.165, 1.54) is 36.4 Å². The molecule has 5 atom stereocenters. The molecule has 0 spiro atoms. The minimum atomic E-state index is -1.35. The maximum atomic E-state index is 13.7. The van der Waals surface area contributed by atoms with E-state index in [9.17, 15) is 85.1 Å². The van der Waals surface area contributed by atoms with Gasteiger partial charge in [0.1, 0.15) is 74.9 Å². The molecule has 8 heterocycles. The fourth-order valence-electron chi connectivity index (χ4n) is 11.0. The Labute approximate surface area is 658 Å². The molecule has 0 saturated carbocycles. The van der Waals surface area contributed by atoms with Gasteiger partial charge in [-0.25, -0.2) is 18.0 Å². The Kier molecular flexibility index (Phi) is 31.2. The van der Waals surface area contributed by atoms with E-state index in [1.807, 2.05) is 24.3 Å². The van der Waals surface area contributed by atoms with Crippen LogP contribution in [0.4, 0.5) is 35.9 Å². The molecule has 40 nitrogen and oxygen atoms in total. The van der Waals surface area contributed by atoms with Crippen LogP contribution in [0.15, 0.2) is 135 Å². The Hall–Kier alpha value is -13.7. The fraction of sp³-hybridized carbons (Fsp3) is 0.261. The van der Waals surface area contributed by atoms with E-state index in [1.54, 1.807) is 43.5 Å². The second-order valence-corrected chi connectivity index (χ2v) is 24.0. The van der Waals surface area contributed by atoms with Crippen molar-refractivity contribution in [3.63, 3.8) is 0 Å². The predicted octanol–water partition coefficient (Wildman–Crippen LogP) is -1.41. The van der Waals surface area contributed by atoms with Crippen LogP contribution in [0.2, 0.25) is 0 Å². The standard InChI is InChI=1S/C20H19N5O4.C12H9FN4O3.C12H12FN3O3.C12H11N5O3.C7H6FNO2.C5H8N2O2.CH4.HNO2.Na.H2/c1-29-13-7-5-12(6-8-13)11-21-14-3-2-4-15-18(14)20(28)25(24-23-15)16-9-10-17(26)22-19(16)27;13-6-2-1-3-7-10(6)12(20)17(16-15-7)8-4-5-9(18)14-11(8)19;13-6-2-1-3-7(14)10(6)12(19)15-8-4-5-9(17)16-11(8)18;13-6-2-1-3-7-10(6)12(20)17(16-15-7)8-4-5-9(18)14-11(8)19;8-4-2-1-3-5(9)6(4)7(10)11;6-3-1-2-4(8)7-5(3)9;;2-1-3;;/h2-8,16,21H,9-11H2,1H3,(H,22,26,27);1-3,8H,4-5H2,(H,14,18,19);1-3,8H,4-5,14H2,(H,15,19)(H,16,17,18);1-3,8H,4-5,13H2,(H,14,18,19);1-3H,9H2,(H,10,11);3H,1-2,6H2,(H,7,8,9);1H4;(H,2,3);;1H/q;;;;;;;;+1;/p-1/i;;;;;;;;;1+1D. The average molecular weight is 1580 g/mol. The number of hydrogen-bond acceptors (Lipinski definition) is 30. The van der Waals surface area contributed by atoms with Crippen LogP contribution in [0.25, 0.3) is 32.7 Å². The molecule has 44 heteroatoms. The van der Waals surface area contributed by atoms with E-state index in [4.69, 9.17) is 45.9 Å². The number of aromatic carboxylic acids is 1. The van der Waals surface area contributed by atoms with Gasteiger partial charge < -0.3 is 53.5 Å². The van der Waals surface area contributed by atoms with Gasteiger partial charge in [-0.1, -0.05) is 65.5 Å². The van der Waals surface area contributed by atoms with Crippen LogP contribution in [0, 0.1) is 27.6 Å². The van der Waals surface area contributed by atoms with E-state index in [-0.39, 0.29) is 157 Å². The summed E-state index contributed by atoms with van der Waals surface area (Å²) in [5, 5.41) is 57.3. The molecule has 0 aliphatic carbocycles. The Morgan fingerprint density at radius 3 is 1.33 bits per heavy atom. The topological polar surface area (TPSA) is 618 Å². The third kappa shape index (κ3) is 22.5. The molecule has 11 amide bonds. The molecule has 0 bridgehead atoms. The summed E-state index contributed by atoms with van der Waals surface area (Å²) in [6, 6.07) is 25.4. The van der Waals surface area contributed by atoms with Crippen molar-refractivity contribution in [3.8, 4) is 5.75 Å². The largest absolute Gasteiger partial charge is 1.00 e. The first-order valence-electron chi connectivity index (χ1n) is 33.9. The molecule has 5 aliphatic rings. The number of rotatable bonds is 10. The summed E-state index contributed by atoms with van der Waals surface area (Å²) in [6.45, 7) is 0.489. The third-order valence-electron chi connectivity index (χ3n) is 16.6. The van der Waals surface area contributed by atoms with Gasteiger partial charge in [0, 0.05) is 64.4 Å². The minimum Gasteiger partial charge on any atom is -0.497 e. The summed E-state index contributed by atoms with van der Waals surface area (Å²) in [7, 11) is 1.61. The molecule has 5 saturated heterocycles. The van der Waals surface area contributed by atoms with Crippen LogP contribution in [0.1, 0.15) is 119 Å².